The summed E-state index contributed by atoms with van der Waals surface area (Å²) in [5.41, 5.74) is 0. The number of hydrogen-bond donors (Lipinski definition) is 3. The fraction of sp³-hybridized carbons (Fsp3) is 0.409. The van der Waals surface area contributed by atoms with Crippen molar-refractivity contribution in [3.63, 3.8) is 0 Å². The number of aliphatic hydroxyl groups excluding tert-OH is 2. The van der Waals surface area contributed by atoms with Crippen molar-refractivity contribution in [1.82, 2.24) is 0 Å². The van der Waals surface area contributed by atoms with Crippen LogP contribution in [0.15, 0.2) is 72.9 Å². The third-order valence-corrected chi connectivity index (χ3v) is 3.43. The van der Waals surface area contributed by atoms with Crippen molar-refractivity contribution in [3.05, 3.63) is 72.9 Å². The topological polar surface area (TPSA) is 77.8 Å². The van der Waals surface area contributed by atoms with E-state index in [1.54, 1.807) is 12.2 Å². The molecule has 0 saturated carbocycles. The molecule has 0 bridgehead atoms. The molecule has 0 heterocycles. The zero-order chi connectivity index (χ0) is 19.5. The molecule has 0 aromatic rings. The lowest BCUT2D eigenvalue weighted by Crippen LogP contribution is -2.22. The second-order valence-electron chi connectivity index (χ2n) is 5.72. The molecular formula is C22H32O4. The van der Waals surface area contributed by atoms with E-state index in [1.807, 2.05) is 43.4 Å². The van der Waals surface area contributed by atoms with Gasteiger partial charge >= 0.3 is 5.97 Å². The molecular weight excluding hydrogens is 328 g/mol. The number of allylic oxidation sites excluding steroid dienone is 11. The van der Waals surface area contributed by atoms with Gasteiger partial charge in [0.1, 0.15) is 0 Å². The number of aliphatic hydroxyl groups is 2. The standard InChI is InChI=1S/C22H32O4/c1-2-20(23)21(24)18-16-14-12-10-8-6-4-3-5-7-9-11-13-15-17-19-22(25)26/h3-4,7-10,12-16,18,20-21,23-24H,2,5-6,11,17,19H2,1H3,(H,25,26)/b4-3-,9-7-,10-8-,14-12+,15-13-,18-16+/t20-,21-/m1/s1. The number of aliphatic carboxylic acids is 1. The van der Waals surface area contributed by atoms with Gasteiger partial charge in [-0.1, -0.05) is 79.8 Å². The van der Waals surface area contributed by atoms with E-state index in [-0.39, 0.29) is 6.42 Å². The summed E-state index contributed by atoms with van der Waals surface area (Å²) < 4.78 is 0. The van der Waals surface area contributed by atoms with Crippen LogP contribution >= 0.6 is 0 Å². The minimum absolute atomic E-state index is 0.186. The molecule has 0 aliphatic heterocycles. The van der Waals surface area contributed by atoms with Gasteiger partial charge in [-0.3, -0.25) is 4.79 Å². The van der Waals surface area contributed by atoms with Crippen LogP contribution in [0.2, 0.25) is 0 Å². The summed E-state index contributed by atoms with van der Waals surface area (Å²) >= 11 is 0. The van der Waals surface area contributed by atoms with Gasteiger partial charge in [0.25, 0.3) is 0 Å². The van der Waals surface area contributed by atoms with E-state index in [0.717, 1.165) is 19.3 Å². The molecule has 0 rings (SSSR count). The fourth-order valence-corrected chi connectivity index (χ4v) is 1.87. The van der Waals surface area contributed by atoms with Crippen molar-refractivity contribution in [3.8, 4) is 0 Å². The fourth-order valence-electron chi connectivity index (χ4n) is 1.87. The zero-order valence-electron chi connectivity index (χ0n) is 15.6. The maximum Gasteiger partial charge on any atom is 0.303 e. The van der Waals surface area contributed by atoms with Gasteiger partial charge in [0.2, 0.25) is 0 Å². The molecule has 0 unspecified atom stereocenters. The van der Waals surface area contributed by atoms with Gasteiger partial charge < -0.3 is 15.3 Å². The maximum atomic E-state index is 10.3. The van der Waals surface area contributed by atoms with Crippen LogP contribution in [0.25, 0.3) is 0 Å². The first-order valence-corrected chi connectivity index (χ1v) is 9.10. The Hall–Kier alpha value is -2.17. The average molecular weight is 360 g/mol. The van der Waals surface area contributed by atoms with Gasteiger partial charge in [0, 0.05) is 6.42 Å². The van der Waals surface area contributed by atoms with Crippen LogP contribution in [0.4, 0.5) is 0 Å². The molecule has 0 aromatic carbocycles. The van der Waals surface area contributed by atoms with Crippen LogP contribution in [0.1, 0.15) is 45.4 Å². The molecule has 4 heteroatoms. The molecule has 0 radical (unpaired) electrons. The van der Waals surface area contributed by atoms with Gasteiger partial charge in [-0.15, -0.1) is 0 Å². The Morgan fingerprint density at radius 1 is 0.808 bits per heavy atom. The number of carboxylic acid groups (broad SMARTS) is 1. The molecule has 144 valence electrons. The lowest BCUT2D eigenvalue weighted by Gasteiger charge is -2.10. The van der Waals surface area contributed by atoms with E-state index in [9.17, 15) is 15.0 Å². The van der Waals surface area contributed by atoms with Gasteiger partial charge in [-0.2, -0.15) is 0 Å². The van der Waals surface area contributed by atoms with Gasteiger partial charge in [-0.05, 0) is 32.1 Å². The number of carbonyl (C=O) groups is 1. The first-order valence-electron chi connectivity index (χ1n) is 9.10. The van der Waals surface area contributed by atoms with E-state index in [2.05, 4.69) is 24.3 Å². The smallest absolute Gasteiger partial charge is 0.303 e. The van der Waals surface area contributed by atoms with Crippen molar-refractivity contribution >= 4 is 5.97 Å². The summed E-state index contributed by atoms with van der Waals surface area (Å²) in [7, 11) is 0. The molecule has 0 aliphatic carbocycles. The molecule has 0 fully saturated rings. The highest BCUT2D eigenvalue weighted by Crippen LogP contribution is 2.00. The Balaban J connectivity index is 3.72. The molecule has 0 aromatic heterocycles. The summed E-state index contributed by atoms with van der Waals surface area (Å²) in [4.78, 5) is 10.3. The van der Waals surface area contributed by atoms with Crippen molar-refractivity contribution < 1.29 is 20.1 Å². The van der Waals surface area contributed by atoms with Crippen LogP contribution in [-0.4, -0.2) is 33.5 Å². The molecule has 2 atom stereocenters. The Bertz CT molecular complexity index is 524. The second-order valence-corrected chi connectivity index (χ2v) is 5.72. The van der Waals surface area contributed by atoms with Gasteiger partial charge in [-0.25, -0.2) is 0 Å². The molecule has 0 spiro atoms. The molecule has 0 amide bonds. The third-order valence-electron chi connectivity index (χ3n) is 3.43. The lowest BCUT2D eigenvalue weighted by molar-refractivity contribution is -0.136. The Morgan fingerprint density at radius 2 is 1.35 bits per heavy atom. The normalized spacial score (nSPS) is 15.5. The van der Waals surface area contributed by atoms with E-state index < -0.39 is 18.2 Å². The van der Waals surface area contributed by atoms with Crippen LogP contribution in [-0.2, 0) is 4.79 Å². The van der Waals surface area contributed by atoms with Crippen LogP contribution in [0, 0.1) is 0 Å². The lowest BCUT2D eigenvalue weighted by atomic mass is 10.1. The predicted octanol–water partition coefficient (Wildman–Crippen LogP) is 4.49. The highest BCUT2D eigenvalue weighted by Gasteiger charge is 2.08. The first-order chi connectivity index (χ1) is 12.6. The average Bonchev–Trinajstić information content (AvgIpc) is 2.63. The van der Waals surface area contributed by atoms with Crippen LogP contribution < -0.4 is 0 Å². The molecule has 26 heavy (non-hydrogen) atoms. The van der Waals surface area contributed by atoms with Crippen molar-refractivity contribution in [1.29, 1.82) is 0 Å². The van der Waals surface area contributed by atoms with Crippen molar-refractivity contribution in [2.75, 3.05) is 0 Å². The Morgan fingerprint density at radius 3 is 1.92 bits per heavy atom. The van der Waals surface area contributed by atoms with E-state index in [4.69, 9.17) is 5.11 Å². The monoisotopic (exact) mass is 360 g/mol. The minimum Gasteiger partial charge on any atom is -0.481 e. The van der Waals surface area contributed by atoms with Gasteiger partial charge in [0.05, 0.1) is 12.2 Å². The summed E-state index contributed by atoms with van der Waals surface area (Å²) in [5, 5.41) is 27.4. The highest BCUT2D eigenvalue weighted by molar-refractivity contribution is 5.66. The van der Waals surface area contributed by atoms with Crippen LogP contribution in [0.3, 0.4) is 0 Å². The summed E-state index contributed by atoms with van der Waals surface area (Å²) in [5.74, 6) is -0.762. The first kappa shape index (κ1) is 23.8. The maximum absolute atomic E-state index is 10.3. The molecule has 0 saturated heterocycles. The van der Waals surface area contributed by atoms with Crippen molar-refractivity contribution in [2.24, 2.45) is 0 Å². The summed E-state index contributed by atoms with van der Waals surface area (Å²) in [6, 6.07) is 0. The minimum atomic E-state index is -0.815. The van der Waals surface area contributed by atoms with Crippen LogP contribution in [0.5, 0.6) is 0 Å². The summed E-state index contributed by atoms with van der Waals surface area (Å²) in [6.07, 6.45) is 25.5. The van der Waals surface area contributed by atoms with Crippen molar-refractivity contribution in [2.45, 2.75) is 57.7 Å². The summed E-state index contributed by atoms with van der Waals surface area (Å²) in [6.45, 7) is 1.83. The number of rotatable bonds is 14. The SMILES string of the molecule is CC[C@@H](O)[C@H](O)/C=C/C=C/C=C\C/C=C\C/C=C\C/C=C\CCC(=O)O. The number of carboxylic acids is 1. The van der Waals surface area contributed by atoms with E-state index in [1.165, 1.54) is 0 Å². The molecule has 0 aliphatic rings. The number of hydrogen-bond acceptors (Lipinski definition) is 3. The largest absolute Gasteiger partial charge is 0.481 e. The Kier molecular flexibility index (Phi) is 16.2. The highest BCUT2D eigenvalue weighted by atomic mass is 16.4. The van der Waals surface area contributed by atoms with E-state index in [0.29, 0.717) is 12.8 Å². The molecule has 4 nitrogen and oxygen atoms in total. The zero-order valence-corrected chi connectivity index (χ0v) is 15.6. The van der Waals surface area contributed by atoms with E-state index >= 15 is 0 Å². The Labute approximate surface area is 157 Å². The molecule has 3 N–H and O–H groups in total. The second kappa shape index (κ2) is 17.6. The quantitative estimate of drug-likeness (QED) is 0.315. The van der Waals surface area contributed by atoms with Gasteiger partial charge in [0.15, 0.2) is 0 Å². The third kappa shape index (κ3) is 16.7. The predicted molar refractivity (Wildman–Crippen MR) is 108 cm³/mol.